The van der Waals surface area contributed by atoms with Crippen LogP contribution in [-0.4, -0.2) is 10.9 Å². The van der Waals surface area contributed by atoms with Crippen LogP contribution in [0.4, 0.5) is 23.2 Å². The maximum absolute atomic E-state index is 13.6. The number of fused-ring (bicyclic) bond motifs is 1. The van der Waals surface area contributed by atoms with Crippen molar-refractivity contribution in [2.24, 2.45) is 0 Å². The number of carbonyl (C=O) groups is 1. The Morgan fingerprint density at radius 2 is 1.75 bits per heavy atom. The summed E-state index contributed by atoms with van der Waals surface area (Å²) in [5, 5.41) is 0. The lowest BCUT2D eigenvalue weighted by Gasteiger charge is -2.18. The number of pyridine rings is 1. The average molecular weight is 386 g/mol. The normalized spacial score (nSPS) is 13.7. The molecule has 2 aromatic carbocycles. The smallest absolute Gasteiger partial charge is 0.306 e. The maximum Gasteiger partial charge on any atom is 0.419 e. The lowest BCUT2D eigenvalue weighted by molar-refractivity contribution is -0.140. The molecule has 28 heavy (non-hydrogen) atoms. The first-order valence-corrected chi connectivity index (χ1v) is 8.53. The van der Waals surface area contributed by atoms with Crippen molar-refractivity contribution in [3.05, 3.63) is 83.4 Å². The molecule has 0 saturated carbocycles. The first-order chi connectivity index (χ1) is 13.3. The molecule has 0 spiro atoms. The molecular formula is C21H14F4N2O. The van der Waals surface area contributed by atoms with Gasteiger partial charge in [0.15, 0.2) is 0 Å². The van der Waals surface area contributed by atoms with Gasteiger partial charge in [-0.1, -0.05) is 36.4 Å². The molecule has 0 radical (unpaired) electrons. The number of hydrogen-bond acceptors (Lipinski definition) is 2. The largest absolute Gasteiger partial charge is 0.419 e. The summed E-state index contributed by atoms with van der Waals surface area (Å²) in [6.07, 6.45) is -3.25. The molecule has 0 atom stereocenters. The third kappa shape index (κ3) is 3.35. The summed E-state index contributed by atoms with van der Waals surface area (Å²) >= 11 is 0. The zero-order valence-electron chi connectivity index (χ0n) is 14.5. The van der Waals surface area contributed by atoms with Crippen LogP contribution in [0.15, 0.2) is 60.8 Å². The monoisotopic (exact) mass is 386 g/mol. The zero-order valence-corrected chi connectivity index (χ0v) is 14.5. The van der Waals surface area contributed by atoms with E-state index in [0.717, 1.165) is 17.7 Å². The summed E-state index contributed by atoms with van der Waals surface area (Å²) in [6.45, 7) is 0.342. The minimum Gasteiger partial charge on any atom is -0.306 e. The number of nitrogens with zero attached hydrogens (tertiary/aromatic N) is 2. The Kier molecular flexibility index (Phi) is 4.37. The fourth-order valence-electron chi connectivity index (χ4n) is 3.24. The van der Waals surface area contributed by atoms with E-state index in [1.54, 1.807) is 11.0 Å². The molecule has 0 aliphatic carbocycles. The van der Waals surface area contributed by atoms with Gasteiger partial charge in [-0.25, -0.2) is 4.39 Å². The second-order valence-electron chi connectivity index (χ2n) is 6.52. The van der Waals surface area contributed by atoms with E-state index in [1.807, 2.05) is 30.3 Å². The van der Waals surface area contributed by atoms with Gasteiger partial charge in [-0.15, -0.1) is 0 Å². The van der Waals surface area contributed by atoms with Gasteiger partial charge in [-0.2, -0.15) is 13.2 Å². The van der Waals surface area contributed by atoms with E-state index < -0.39 is 17.6 Å². The Morgan fingerprint density at radius 3 is 2.46 bits per heavy atom. The Balaban J connectivity index is 1.72. The van der Waals surface area contributed by atoms with Crippen molar-refractivity contribution in [1.82, 2.24) is 4.98 Å². The molecule has 0 saturated heterocycles. The highest BCUT2D eigenvalue weighted by Crippen LogP contribution is 2.36. The van der Waals surface area contributed by atoms with Gasteiger partial charge in [0.25, 0.3) is 0 Å². The van der Waals surface area contributed by atoms with Crippen molar-refractivity contribution in [2.45, 2.75) is 19.1 Å². The Hall–Kier alpha value is -3.22. The zero-order chi connectivity index (χ0) is 19.9. The number of anilines is 1. The van der Waals surface area contributed by atoms with Crippen molar-refractivity contribution < 1.29 is 22.4 Å². The number of halogens is 4. The third-order valence-corrected chi connectivity index (χ3v) is 4.65. The maximum atomic E-state index is 13.6. The van der Waals surface area contributed by atoms with Gasteiger partial charge in [-0.05, 0) is 29.3 Å². The molecular weight excluding hydrogens is 372 g/mol. The molecule has 3 nitrogen and oxygen atoms in total. The van der Waals surface area contributed by atoms with E-state index >= 15 is 0 Å². The minimum absolute atomic E-state index is 0.126. The van der Waals surface area contributed by atoms with Gasteiger partial charge >= 0.3 is 6.18 Å². The van der Waals surface area contributed by atoms with Gasteiger partial charge < -0.3 is 4.90 Å². The van der Waals surface area contributed by atoms with Crippen molar-refractivity contribution in [3.63, 3.8) is 0 Å². The van der Waals surface area contributed by atoms with Gasteiger partial charge in [-0.3, -0.25) is 9.78 Å². The number of benzene rings is 2. The molecule has 3 aromatic rings. The van der Waals surface area contributed by atoms with Crippen LogP contribution in [0, 0.1) is 5.82 Å². The molecule has 0 unspecified atom stereocenters. The molecule has 0 N–H and O–H groups in total. The Bertz CT molecular complexity index is 1050. The van der Waals surface area contributed by atoms with E-state index in [0.29, 0.717) is 23.5 Å². The van der Waals surface area contributed by atoms with E-state index in [4.69, 9.17) is 0 Å². The fourth-order valence-corrected chi connectivity index (χ4v) is 3.24. The van der Waals surface area contributed by atoms with Crippen molar-refractivity contribution in [1.29, 1.82) is 0 Å². The Labute approximate surface area is 158 Å². The van der Waals surface area contributed by atoms with Crippen LogP contribution in [0.1, 0.15) is 16.8 Å². The summed E-state index contributed by atoms with van der Waals surface area (Å²) in [7, 11) is 0. The molecule has 0 bridgehead atoms. The topological polar surface area (TPSA) is 33.2 Å². The quantitative estimate of drug-likeness (QED) is 0.594. The second-order valence-corrected chi connectivity index (χ2v) is 6.52. The number of hydrogen-bond donors (Lipinski definition) is 0. The third-order valence-electron chi connectivity index (χ3n) is 4.65. The highest BCUT2D eigenvalue weighted by atomic mass is 19.4. The van der Waals surface area contributed by atoms with E-state index in [2.05, 4.69) is 4.98 Å². The minimum atomic E-state index is -4.79. The van der Waals surface area contributed by atoms with Crippen LogP contribution in [-0.2, 0) is 23.9 Å². The molecule has 1 aromatic heterocycles. The number of aromatic nitrogens is 1. The predicted octanol–water partition coefficient (Wildman–Crippen LogP) is 5.00. The fraction of sp³-hybridized carbons (Fsp3) is 0.143. The number of alkyl halides is 3. The Morgan fingerprint density at radius 1 is 1.00 bits per heavy atom. The van der Waals surface area contributed by atoms with Gasteiger partial charge in [0.05, 0.1) is 29.9 Å². The van der Waals surface area contributed by atoms with Crippen LogP contribution in [0.2, 0.25) is 0 Å². The van der Waals surface area contributed by atoms with E-state index in [9.17, 15) is 22.4 Å². The standard InChI is InChI=1S/C21H14F4N2O/c22-17-7-6-14(8-16(17)21(23,24)25)15-9-19-18(26-11-15)10-20(28)27(19)12-13-4-2-1-3-5-13/h1-9,11H,10,12H2. The van der Waals surface area contributed by atoms with Crippen LogP contribution in [0.5, 0.6) is 0 Å². The molecule has 4 rings (SSSR count). The molecule has 0 fully saturated rings. The molecule has 1 aliphatic heterocycles. The average Bonchev–Trinajstić information content (AvgIpc) is 2.97. The van der Waals surface area contributed by atoms with E-state index in [1.165, 1.54) is 12.3 Å². The number of carbonyl (C=O) groups excluding carboxylic acids is 1. The van der Waals surface area contributed by atoms with Crippen LogP contribution < -0.4 is 4.90 Å². The van der Waals surface area contributed by atoms with Gasteiger partial charge in [0, 0.05) is 11.8 Å². The lowest BCUT2D eigenvalue weighted by Crippen LogP contribution is -2.25. The second kappa shape index (κ2) is 6.74. The summed E-state index contributed by atoms with van der Waals surface area (Å²) in [5.41, 5.74) is 1.30. The number of rotatable bonds is 3. The van der Waals surface area contributed by atoms with Crippen molar-refractivity contribution in [2.75, 3.05) is 4.90 Å². The highest BCUT2D eigenvalue weighted by Gasteiger charge is 2.34. The first-order valence-electron chi connectivity index (χ1n) is 8.53. The molecule has 1 aliphatic rings. The summed E-state index contributed by atoms with van der Waals surface area (Å²) < 4.78 is 52.6. The van der Waals surface area contributed by atoms with Crippen LogP contribution >= 0.6 is 0 Å². The lowest BCUT2D eigenvalue weighted by atomic mass is 10.0. The van der Waals surface area contributed by atoms with Crippen molar-refractivity contribution >= 4 is 11.6 Å². The highest BCUT2D eigenvalue weighted by molar-refractivity contribution is 6.01. The van der Waals surface area contributed by atoms with Gasteiger partial charge in [0.1, 0.15) is 5.82 Å². The van der Waals surface area contributed by atoms with Crippen LogP contribution in [0.3, 0.4) is 0 Å². The summed E-state index contributed by atoms with van der Waals surface area (Å²) in [6, 6.07) is 13.8. The molecule has 142 valence electrons. The SMILES string of the molecule is O=C1Cc2ncc(-c3ccc(F)c(C(F)(F)F)c3)cc2N1Cc1ccccc1. The molecule has 1 amide bonds. The first kappa shape index (κ1) is 18.2. The molecule has 2 heterocycles. The predicted molar refractivity (Wildman–Crippen MR) is 96.0 cm³/mol. The number of amides is 1. The van der Waals surface area contributed by atoms with Gasteiger partial charge in [0.2, 0.25) is 5.91 Å². The van der Waals surface area contributed by atoms with Crippen molar-refractivity contribution in [3.8, 4) is 11.1 Å². The molecule has 7 heteroatoms. The van der Waals surface area contributed by atoms with Crippen LogP contribution in [0.25, 0.3) is 11.1 Å². The summed E-state index contributed by atoms with van der Waals surface area (Å²) in [5.74, 6) is -1.45. The summed E-state index contributed by atoms with van der Waals surface area (Å²) in [4.78, 5) is 18.2. The van der Waals surface area contributed by atoms with E-state index in [-0.39, 0.29) is 17.9 Å².